The number of nitrogens with one attached hydrogen (secondary N) is 1. The van der Waals surface area contributed by atoms with Crippen LogP contribution in [0, 0.1) is 6.92 Å². The Kier molecular flexibility index (Phi) is 11.4. The van der Waals surface area contributed by atoms with Crippen LogP contribution in [0.1, 0.15) is 32.5 Å². The number of halogens is 1. The molecule has 0 aromatic carbocycles. The van der Waals surface area contributed by atoms with Gasteiger partial charge in [0.05, 0.1) is 25.0 Å². The molecule has 0 atom stereocenters. The normalized spacial score (nSPS) is 16.2. The number of piperazine rings is 1. The lowest BCUT2D eigenvalue weighted by Crippen LogP contribution is -2.54. The van der Waals surface area contributed by atoms with Gasteiger partial charge in [-0.1, -0.05) is 5.16 Å². The maximum Gasteiger partial charge on any atom is 0.228 e. The predicted molar refractivity (Wildman–Crippen MR) is 122 cm³/mol. The van der Waals surface area contributed by atoms with Crippen molar-refractivity contribution in [1.82, 2.24) is 24.7 Å². The van der Waals surface area contributed by atoms with Gasteiger partial charge in [-0.15, -0.1) is 24.0 Å². The van der Waals surface area contributed by atoms with Crippen molar-refractivity contribution in [2.45, 2.75) is 40.2 Å². The van der Waals surface area contributed by atoms with Gasteiger partial charge in [-0.3, -0.25) is 4.99 Å². The van der Waals surface area contributed by atoms with E-state index in [1.165, 1.54) is 4.31 Å². The Hall–Kier alpha value is -0.990. The minimum atomic E-state index is -3.30. The van der Waals surface area contributed by atoms with Crippen LogP contribution >= 0.6 is 24.0 Å². The minimum Gasteiger partial charge on any atom is -0.378 e. The summed E-state index contributed by atoms with van der Waals surface area (Å²) in [5, 5.41) is 7.04. The molecule has 1 aliphatic rings. The summed E-state index contributed by atoms with van der Waals surface area (Å²) in [5.41, 5.74) is 0. The number of aliphatic imine (C=N–C) groups is 1. The lowest BCUT2D eigenvalue weighted by atomic mass is 10.4. The minimum absolute atomic E-state index is 0. The number of aryl methyl sites for hydroxylation is 1. The number of ether oxygens (including phenoxy) is 1. The molecule has 0 saturated carbocycles. The zero-order chi connectivity index (χ0) is 20.6. The van der Waals surface area contributed by atoms with E-state index in [0.29, 0.717) is 50.9 Å². The molecule has 0 aliphatic carbocycles. The molecule has 1 aromatic heterocycles. The largest absolute Gasteiger partial charge is 0.378 e. The molecule has 1 N–H and O–H groups in total. The summed E-state index contributed by atoms with van der Waals surface area (Å²) in [6.07, 6.45) is 0.599. The number of aromatic nitrogens is 2. The Bertz CT molecular complexity index is 732. The summed E-state index contributed by atoms with van der Waals surface area (Å²) in [7, 11) is -3.30. The van der Waals surface area contributed by atoms with E-state index in [2.05, 4.69) is 25.3 Å². The third-order valence-corrected chi connectivity index (χ3v) is 6.05. The molecule has 2 rings (SSSR count). The first-order chi connectivity index (χ1) is 13.3. The van der Waals surface area contributed by atoms with E-state index < -0.39 is 10.0 Å². The van der Waals surface area contributed by atoms with Gasteiger partial charge >= 0.3 is 0 Å². The standard InChI is InChI=1S/C17H32N6O4S.HI/c1-5-18-17(19-7-6-16-20-15(4)21-27-16)22-8-10-23(11-9-22)28(24,25)13-12-26-14(2)3;/h14H,5-13H2,1-4H3,(H,18,19);1H. The third kappa shape index (κ3) is 8.72. The zero-order valence-electron chi connectivity index (χ0n) is 17.6. The van der Waals surface area contributed by atoms with Gasteiger partial charge in [0.25, 0.3) is 0 Å². The molecule has 0 bridgehead atoms. The number of rotatable bonds is 9. The van der Waals surface area contributed by atoms with Crippen LogP contribution in [0.25, 0.3) is 0 Å². The smallest absolute Gasteiger partial charge is 0.228 e. The highest BCUT2D eigenvalue weighted by atomic mass is 127. The molecule has 0 amide bonds. The SMILES string of the molecule is CCNC(=NCCc1nc(C)no1)N1CCN(S(=O)(=O)CCOC(C)C)CC1.I. The van der Waals surface area contributed by atoms with Crippen LogP contribution in [0.5, 0.6) is 0 Å². The van der Waals surface area contributed by atoms with Gasteiger partial charge in [0, 0.05) is 39.1 Å². The van der Waals surface area contributed by atoms with Gasteiger partial charge in [0.2, 0.25) is 15.9 Å². The Morgan fingerprint density at radius 3 is 2.55 bits per heavy atom. The number of nitrogens with zero attached hydrogens (tertiary/aromatic N) is 5. The third-order valence-electron chi connectivity index (χ3n) is 4.22. The molecule has 2 heterocycles. The molecular weight excluding hydrogens is 511 g/mol. The number of guanidine groups is 1. The number of sulfonamides is 1. The highest BCUT2D eigenvalue weighted by molar-refractivity contribution is 14.0. The molecule has 0 spiro atoms. The summed E-state index contributed by atoms with van der Waals surface area (Å²) >= 11 is 0. The summed E-state index contributed by atoms with van der Waals surface area (Å²) in [6.45, 7) is 11.1. The first-order valence-corrected chi connectivity index (χ1v) is 11.3. The molecule has 1 aromatic rings. The van der Waals surface area contributed by atoms with Crippen molar-refractivity contribution in [3.8, 4) is 0 Å². The highest BCUT2D eigenvalue weighted by Crippen LogP contribution is 2.09. The van der Waals surface area contributed by atoms with E-state index in [-0.39, 0.29) is 42.4 Å². The summed E-state index contributed by atoms with van der Waals surface area (Å²) < 4.78 is 36.9. The molecular formula is C17H33IN6O4S. The van der Waals surface area contributed by atoms with Crippen molar-refractivity contribution >= 4 is 40.0 Å². The van der Waals surface area contributed by atoms with Gasteiger partial charge < -0.3 is 19.5 Å². The van der Waals surface area contributed by atoms with Gasteiger partial charge in [-0.2, -0.15) is 9.29 Å². The second kappa shape index (κ2) is 12.6. The topological polar surface area (TPSA) is 113 Å². The molecule has 0 unspecified atom stereocenters. The van der Waals surface area contributed by atoms with E-state index in [1.807, 2.05) is 20.8 Å². The average molecular weight is 544 g/mol. The molecule has 29 heavy (non-hydrogen) atoms. The zero-order valence-corrected chi connectivity index (χ0v) is 20.8. The van der Waals surface area contributed by atoms with Gasteiger partial charge in [0.1, 0.15) is 0 Å². The molecule has 0 radical (unpaired) electrons. The highest BCUT2D eigenvalue weighted by Gasteiger charge is 2.28. The lowest BCUT2D eigenvalue weighted by Gasteiger charge is -2.35. The molecule has 10 nitrogen and oxygen atoms in total. The number of hydrogen-bond donors (Lipinski definition) is 1. The maximum absolute atomic E-state index is 12.5. The fraction of sp³-hybridized carbons (Fsp3) is 0.824. The van der Waals surface area contributed by atoms with Gasteiger partial charge in [-0.05, 0) is 27.7 Å². The Morgan fingerprint density at radius 2 is 2.00 bits per heavy atom. The van der Waals surface area contributed by atoms with E-state index >= 15 is 0 Å². The van der Waals surface area contributed by atoms with Crippen molar-refractivity contribution in [2.75, 3.05) is 51.6 Å². The van der Waals surface area contributed by atoms with Crippen LogP contribution in [0.3, 0.4) is 0 Å². The summed E-state index contributed by atoms with van der Waals surface area (Å²) in [5.74, 6) is 1.97. The van der Waals surface area contributed by atoms with Crippen molar-refractivity contribution in [3.05, 3.63) is 11.7 Å². The molecule has 1 saturated heterocycles. The second-order valence-electron chi connectivity index (χ2n) is 6.84. The molecule has 1 aliphatic heterocycles. The van der Waals surface area contributed by atoms with Crippen LogP contribution < -0.4 is 5.32 Å². The first kappa shape index (κ1) is 26.0. The van der Waals surface area contributed by atoms with Crippen molar-refractivity contribution in [1.29, 1.82) is 0 Å². The van der Waals surface area contributed by atoms with Crippen LogP contribution in [-0.2, 0) is 21.2 Å². The summed E-state index contributed by atoms with van der Waals surface area (Å²) in [4.78, 5) is 10.9. The van der Waals surface area contributed by atoms with Crippen molar-refractivity contribution in [2.24, 2.45) is 4.99 Å². The van der Waals surface area contributed by atoms with E-state index in [0.717, 1.165) is 12.5 Å². The van der Waals surface area contributed by atoms with Crippen LogP contribution in [0.4, 0.5) is 0 Å². The fourth-order valence-corrected chi connectivity index (χ4v) is 4.11. The molecule has 12 heteroatoms. The molecule has 1 fully saturated rings. The molecule has 168 valence electrons. The van der Waals surface area contributed by atoms with Crippen molar-refractivity contribution < 1.29 is 17.7 Å². The van der Waals surface area contributed by atoms with Crippen LogP contribution in [-0.4, -0.2) is 91.5 Å². The Balaban J connectivity index is 0.00000420. The second-order valence-corrected chi connectivity index (χ2v) is 8.93. The monoisotopic (exact) mass is 544 g/mol. The van der Waals surface area contributed by atoms with Crippen LogP contribution in [0.2, 0.25) is 0 Å². The lowest BCUT2D eigenvalue weighted by molar-refractivity contribution is 0.0904. The first-order valence-electron chi connectivity index (χ1n) is 9.73. The maximum atomic E-state index is 12.5. The summed E-state index contributed by atoms with van der Waals surface area (Å²) in [6, 6.07) is 0. The van der Waals surface area contributed by atoms with Gasteiger partial charge in [0.15, 0.2) is 11.8 Å². The Labute approximate surface area is 190 Å². The quantitative estimate of drug-likeness (QED) is 0.277. The van der Waals surface area contributed by atoms with E-state index in [4.69, 9.17) is 9.26 Å². The van der Waals surface area contributed by atoms with E-state index in [1.54, 1.807) is 6.92 Å². The van der Waals surface area contributed by atoms with Crippen LogP contribution in [0.15, 0.2) is 9.52 Å². The predicted octanol–water partition coefficient (Wildman–Crippen LogP) is 0.876. The van der Waals surface area contributed by atoms with Gasteiger partial charge in [-0.25, -0.2) is 8.42 Å². The Morgan fingerprint density at radius 1 is 1.31 bits per heavy atom. The van der Waals surface area contributed by atoms with E-state index in [9.17, 15) is 8.42 Å². The number of hydrogen-bond acceptors (Lipinski definition) is 7. The fourth-order valence-electron chi connectivity index (χ4n) is 2.82. The van der Waals surface area contributed by atoms with Crippen molar-refractivity contribution in [3.63, 3.8) is 0 Å². The average Bonchev–Trinajstić information content (AvgIpc) is 3.06.